The highest BCUT2D eigenvalue weighted by Gasteiger charge is 2.10. The third kappa shape index (κ3) is 3.43. The standard InChI is InChI=1S/C10H8Br2O3/c11-5-7(13)3-6-1-2-9(12)8(4-6)10(14)15/h1-2,4H,3,5H2,(H,14,15). The van der Waals surface area contributed by atoms with Crippen LogP contribution in [0.3, 0.4) is 0 Å². The van der Waals surface area contributed by atoms with Crippen molar-refractivity contribution in [2.75, 3.05) is 5.33 Å². The van der Waals surface area contributed by atoms with Gasteiger partial charge in [0, 0.05) is 10.9 Å². The highest BCUT2D eigenvalue weighted by Crippen LogP contribution is 2.18. The molecule has 80 valence electrons. The molecule has 0 aliphatic rings. The van der Waals surface area contributed by atoms with E-state index in [1.54, 1.807) is 12.1 Å². The fourth-order valence-electron chi connectivity index (χ4n) is 1.12. The van der Waals surface area contributed by atoms with Crippen LogP contribution in [0, 0.1) is 0 Å². The van der Waals surface area contributed by atoms with E-state index < -0.39 is 5.97 Å². The molecule has 15 heavy (non-hydrogen) atoms. The van der Waals surface area contributed by atoms with Crippen LogP contribution in [0.2, 0.25) is 0 Å². The van der Waals surface area contributed by atoms with Crippen molar-refractivity contribution < 1.29 is 14.7 Å². The minimum Gasteiger partial charge on any atom is -0.478 e. The minimum absolute atomic E-state index is 0.0219. The molecule has 1 aromatic carbocycles. The third-order valence-corrected chi connectivity index (χ3v) is 3.13. The Kier molecular flexibility index (Phi) is 4.47. The summed E-state index contributed by atoms with van der Waals surface area (Å²) in [5, 5.41) is 9.14. The molecule has 0 bridgehead atoms. The van der Waals surface area contributed by atoms with Crippen LogP contribution < -0.4 is 0 Å². The van der Waals surface area contributed by atoms with Crippen molar-refractivity contribution in [1.29, 1.82) is 0 Å². The first-order chi connectivity index (χ1) is 7.04. The summed E-state index contributed by atoms with van der Waals surface area (Å²) in [6, 6.07) is 4.88. The monoisotopic (exact) mass is 334 g/mol. The van der Waals surface area contributed by atoms with E-state index >= 15 is 0 Å². The number of ketones is 1. The molecule has 3 nitrogen and oxygen atoms in total. The van der Waals surface area contributed by atoms with E-state index in [-0.39, 0.29) is 23.1 Å². The van der Waals surface area contributed by atoms with Crippen LogP contribution in [0.4, 0.5) is 0 Å². The molecule has 0 radical (unpaired) electrons. The number of carbonyl (C=O) groups is 2. The van der Waals surface area contributed by atoms with Crippen LogP contribution in [-0.4, -0.2) is 22.2 Å². The van der Waals surface area contributed by atoms with Crippen molar-refractivity contribution in [3.05, 3.63) is 33.8 Å². The normalized spacial score (nSPS) is 10.0. The van der Waals surface area contributed by atoms with Crippen LogP contribution >= 0.6 is 31.9 Å². The quantitative estimate of drug-likeness (QED) is 0.861. The highest BCUT2D eigenvalue weighted by molar-refractivity contribution is 9.10. The number of carboxylic acids is 1. The van der Waals surface area contributed by atoms with Gasteiger partial charge in [-0.3, -0.25) is 4.79 Å². The number of hydrogen-bond acceptors (Lipinski definition) is 2. The van der Waals surface area contributed by atoms with Gasteiger partial charge in [-0.05, 0) is 33.6 Å². The predicted molar refractivity (Wildman–Crippen MR) is 63.6 cm³/mol. The summed E-state index contributed by atoms with van der Waals surface area (Å²) in [6.45, 7) is 0. The molecule has 0 aromatic heterocycles. The second kappa shape index (κ2) is 5.42. The lowest BCUT2D eigenvalue weighted by molar-refractivity contribution is -0.115. The zero-order valence-corrected chi connectivity index (χ0v) is 10.8. The Bertz CT molecular complexity index is 402. The van der Waals surface area contributed by atoms with E-state index in [0.29, 0.717) is 10.0 Å². The smallest absolute Gasteiger partial charge is 0.336 e. The van der Waals surface area contributed by atoms with E-state index in [0.717, 1.165) is 0 Å². The Balaban J connectivity index is 2.97. The summed E-state index contributed by atoms with van der Waals surface area (Å²) in [4.78, 5) is 21.9. The molecule has 0 fully saturated rings. The average molecular weight is 336 g/mol. The zero-order valence-electron chi connectivity index (χ0n) is 7.67. The van der Waals surface area contributed by atoms with Crippen molar-refractivity contribution in [1.82, 2.24) is 0 Å². The number of aromatic carboxylic acids is 1. The van der Waals surface area contributed by atoms with Gasteiger partial charge >= 0.3 is 5.97 Å². The molecule has 0 heterocycles. The zero-order chi connectivity index (χ0) is 11.4. The first-order valence-electron chi connectivity index (χ1n) is 4.14. The lowest BCUT2D eigenvalue weighted by atomic mass is 10.1. The van der Waals surface area contributed by atoms with Gasteiger partial charge in [0.1, 0.15) is 5.78 Å². The molecule has 1 rings (SSSR count). The van der Waals surface area contributed by atoms with E-state index in [1.807, 2.05) is 0 Å². The molecular formula is C10H8Br2O3. The third-order valence-electron chi connectivity index (χ3n) is 1.81. The first kappa shape index (κ1) is 12.4. The maximum atomic E-state index is 11.1. The van der Waals surface area contributed by atoms with Gasteiger partial charge in [0.05, 0.1) is 10.9 Å². The fraction of sp³-hybridized carbons (Fsp3) is 0.200. The number of carbonyl (C=O) groups excluding carboxylic acids is 1. The van der Waals surface area contributed by atoms with Crippen LogP contribution in [-0.2, 0) is 11.2 Å². The number of Topliss-reactive ketones (excluding diaryl/α,β-unsaturated/α-hetero) is 1. The molecule has 0 aliphatic heterocycles. The number of hydrogen-bond donors (Lipinski definition) is 1. The van der Waals surface area contributed by atoms with Gasteiger partial charge in [-0.1, -0.05) is 22.0 Å². The van der Waals surface area contributed by atoms with E-state index in [4.69, 9.17) is 5.11 Å². The van der Waals surface area contributed by atoms with Gasteiger partial charge in [-0.2, -0.15) is 0 Å². The van der Waals surface area contributed by atoms with Gasteiger partial charge in [0.15, 0.2) is 0 Å². The Labute approximate surface area is 104 Å². The second-order valence-corrected chi connectivity index (χ2v) is 4.38. The molecule has 0 unspecified atom stereocenters. The molecule has 0 atom stereocenters. The van der Waals surface area contributed by atoms with Crippen molar-refractivity contribution in [3.8, 4) is 0 Å². The Morgan fingerprint density at radius 3 is 2.53 bits per heavy atom. The van der Waals surface area contributed by atoms with Crippen molar-refractivity contribution in [3.63, 3.8) is 0 Å². The number of carboxylic acid groups (broad SMARTS) is 1. The summed E-state index contributed by atoms with van der Waals surface area (Å²) in [5.74, 6) is -0.983. The van der Waals surface area contributed by atoms with Gasteiger partial charge in [0.2, 0.25) is 0 Å². The van der Waals surface area contributed by atoms with Crippen molar-refractivity contribution in [2.45, 2.75) is 6.42 Å². The first-order valence-corrected chi connectivity index (χ1v) is 6.05. The number of rotatable bonds is 4. The molecular weight excluding hydrogens is 328 g/mol. The molecule has 0 saturated heterocycles. The van der Waals surface area contributed by atoms with Gasteiger partial charge < -0.3 is 5.11 Å². The summed E-state index contributed by atoms with van der Waals surface area (Å²) in [7, 11) is 0. The summed E-state index contributed by atoms with van der Waals surface area (Å²) >= 11 is 6.20. The Morgan fingerprint density at radius 2 is 2.00 bits per heavy atom. The van der Waals surface area contributed by atoms with Gasteiger partial charge in [-0.25, -0.2) is 4.79 Å². The van der Waals surface area contributed by atoms with Crippen molar-refractivity contribution >= 4 is 43.6 Å². The summed E-state index contributed by atoms with van der Waals surface area (Å²) < 4.78 is 0.519. The lowest BCUT2D eigenvalue weighted by Crippen LogP contribution is -2.05. The molecule has 0 aliphatic carbocycles. The maximum absolute atomic E-state index is 11.1. The molecule has 5 heteroatoms. The Morgan fingerprint density at radius 1 is 1.33 bits per heavy atom. The lowest BCUT2D eigenvalue weighted by Gasteiger charge is -2.03. The number of benzene rings is 1. The van der Waals surface area contributed by atoms with Gasteiger partial charge in [0.25, 0.3) is 0 Å². The van der Waals surface area contributed by atoms with Crippen LogP contribution in [0.5, 0.6) is 0 Å². The number of alkyl halides is 1. The molecule has 1 aromatic rings. The van der Waals surface area contributed by atoms with E-state index in [2.05, 4.69) is 31.9 Å². The Hall–Kier alpha value is -0.680. The SMILES string of the molecule is O=C(CBr)Cc1ccc(Br)c(C(=O)O)c1. The van der Waals surface area contributed by atoms with Crippen LogP contribution in [0.15, 0.2) is 22.7 Å². The topological polar surface area (TPSA) is 54.4 Å². The average Bonchev–Trinajstić information content (AvgIpc) is 2.20. The molecule has 0 spiro atoms. The predicted octanol–water partition coefficient (Wildman–Crippen LogP) is 2.65. The molecule has 1 N–H and O–H groups in total. The van der Waals surface area contributed by atoms with Crippen LogP contribution in [0.1, 0.15) is 15.9 Å². The van der Waals surface area contributed by atoms with Crippen LogP contribution in [0.25, 0.3) is 0 Å². The number of halogens is 2. The fourth-order valence-corrected chi connectivity index (χ4v) is 1.74. The summed E-state index contributed by atoms with van der Waals surface area (Å²) in [6.07, 6.45) is 0.249. The largest absolute Gasteiger partial charge is 0.478 e. The molecule has 0 amide bonds. The molecule has 0 saturated carbocycles. The van der Waals surface area contributed by atoms with Gasteiger partial charge in [-0.15, -0.1) is 0 Å². The maximum Gasteiger partial charge on any atom is 0.336 e. The summed E-state index contributed by atoms with van der Waals surface area (Å²) in [5.41, 5.74) is 0.884. The van der Waals surface area contributed by atoms with E-state index in [9.17, 15) is 9.59 Å². The highest BCUT2D eigenvalue weighted by atomic mass is 79.9. The van der Waals surface area contributed by atoms with Crippen molar-refractivity contribution in [2.24, 2.45) is 0 Å². The second-order valence-electron chi connectivity index (χ2n) is 2.97. The minimum atomic E-state index is -1.00. The van der Waals surface area contributed by atoms with E-state index in [1.165, 1.54) is 6.07 Å².